The van der Waals surface area contributed by atoms with Gasteiger partial charge in [-0.3, -0.25) is 9.36 Å². The zero-order valence-electron chi connectivity index (χ0n) is 11.5. The van der Waals surface area contributed by atoms with Gasteiger partial charge >= 0.3 is 5.69 Å². The minimum atomic E-state index is -0.467. The summed E-state index contributed by atoms with van der Waals surface area (Å²) in [5, 5.41) is 17.8. The van der Waals surface area contributed by atoms with Crippen LogP contribution >= 0.6 is 11.8 Å². The number of hydrogen-bond acceptors (Lipinski definition) is 5. The number of thioether (sulfide) groups is 1. The Morgan fingerprint density at radius 2 is 2.24 bits per heavy atom. The molecule has 7 nitrogen and oxygen atoms in total. The minimum Gasteiger partial charge on any atom is -0.324 e. The molecule has 0 radical (unpaired) electrons. The van der Waals surface area contributed by atoms with Gasteiger partial charge in [-0.25, -0.2) is 9.89 Å². The molecule has 108 valence electrons. The molecule has 0 saturated heterocycles. The monoisotopic (exact) mass is 303 g/mol. The Morgan fingerprint density at radius 3 is 2.86 bits per heavy atom. The molecule has 1 aromatic carbocycles. The number of nitriles is 1. The number of anilines is 1. The Morgan fingerprint density at radius 1 is 1.52 bits per heavy atom. The maximum atomic E-state index is 12.1. The lowest BCUT2D eigenvalue weighted by molar-refractivity contribution is -0.115. The molecule has 8 heteroatoms. The molecule has 21 heavy (non-hydrogen) atoms. The van der Waals surface area contributed by atoms with Gasteiger partial charge in [0, 0.05) is 7.05 Å². The second-order valence-corrected chi connectivity index (χ2v) is 5.59. The van der Waals surface area contributed by atoms with Crippen LogP contribution in [0, 0.1) is 11.3 Å². The first-order valence-electron chi connectivity index (χ1n) is 6.11. The molecule has 0 aliphatic heterocycles. The standard InChI is InChI=1S/C13H13N5O2S/c1-8(21-13-17-16-12(20)18(13)2)11(19)15-10-6-4-3-5-9(10)7-14/h3-6,8H,1-2H3,(H,15,19)(H,16,20). The number of rotatable bonds is 4. The number of hydrogen-bond donors (Lipinski definition) is 2. The predicted molar refractivity (Wildman–Crippen MR) is 78.9 cm³/mol. The van der Waals surface area contributed by atoms with E-state index >= 15 is 0 Å². The fraction of sp³-hybridized carbons (Fsp3) is 0.231. The molecule has 1 unspecified atom stereocenters. The zero-order valence-corrected chi connectivity index (χ0v) is 12.3. The quantitative estimate of drug-likeness (QED) is 0.823. The number of H-pyrrole nitrogens is 1. The number of aromatic nitrogens is 3. The number of carbonyl (C=O) groups excluding carboxylic acids is 1. The average molecular weight is 303 g/mol. The molecule has 0 spiro atoms. The summed E-state index contributed by atoms with van der Waals surface area (Å²) < 4.78 is 1.33. The van der Waals surface area contributed by atoms with Crippen LogP contribution in [-0.2, 0) is 11.8 Å². The van der Waals surface area contributed by atoms with Crippen molar-refractivity contribution in [3.8, 4) is 6.07 Å². The van der Waals surface area contributed by atoms with Crippen LogP contribution in [0.4, 0.5) is 5.69 Å². The number of aromatic amines is 1. The van der Waals surface area contributed by atoms with Crippen LogP contribution in [0.15, 0.2) is 34.2 Å². The van der Waals surface area contributed by atoms with Crippen LogP contribution in [0.25, 0.3) is 0 Å². The second-order valence-electron chi connectivity index (χ2n) is 4.28. The molecule has 2 N–H and O–H groups in total. The lowest BCUT2D eigenvalue weighted by Crippen LogP contribution is -2.23. The van der Waals surface area contributed by atoms with Crippen molar-refractivity contribution in [1.82, 2.24) is 14.8 Å². The molecule has 1 aromatic heterocycles. The molecule has 1 atom stereocenters. The largest absolute Gasteiger partial charge is 0.343 e. The molecular formula is C13H13N5O2S. The number of amides is 1. The lowest BCUT2D eigenvalue weighted by Gasteiger charge is -2.11. The van der Waals surface area contributed by atoms with Crippen LogP contribution in [-0.4, -0.2) is 25.9 Å². The van der Waals surface area contributed by atoms with E-state index in [0.717, 1.165) is 11.8 Å². The number of carbonyl (C=O) groups is 1. The smallest absolute Gasteiger partial charge is 0.324 e. The van der Waals surface area contributed by atoms with E-state index in [1.165, 1.54) is 4.57 Å². The molecule has 0 aliphatic rings. The van der Waals surface area contributed by atoms with Gasteiger partial charge in [-0.2, -0.15) is 5.26 Å². The molecule has 0 bridgehead atoms. The van der Waals surface area contributed by atoms with Crippen molar-refractivity contribution in [2.24, 2.45) is 7.05 Å². The van der Waals surface area contributed by atoms with Crippen molar-refractivity contribution in [2.75, 3.05) is 5.32 Å². The summed E-state index contributed by atoms with van der Waals surface area (Å²) in [5.41, 5.74) is 0.531. The SMILES string of the molecule is CC(Sc1n[nH]c(=O)n1C)C(=O)Nc1ccccc1C#N. The molecule has 1 amide bonds. The van der Waals surface area contributed by atoms with E-state index < -0.39 is 5.25 Å². The summed E-state index contributed by atoms with van der Waals surface area (Å²) in [5.74, 6) is -0.266. The molecule has 1 heterocycles. The number of nitrogens with one attached hydrogen (secondary N) is 2. The van der Waals surface area contributed by atoms with E-state index in [9.17, 15) is 9.59 Å². The van der Waals surface area contributed by atoms with E-state index in [4.69, 9.17) is 5.26 Å². The third kappa shape index (κ3) is 3.32. The highest BCUT2D eigenvalue weighted by molar-refractivity contribution is 8.00. The molecular weight excluding hydrogens is 290 g/mol. The number of para-hydroxylation sites is 1. The summed E-state index contributed by atoms with van der Waals surface area (Å²) in [6.45, 7) is 1.70. The van der Waals surface area contributed by atoms with Crippen molar-refractivity contribution >= 4 is 23.4 Å². The molecule has 2 aromatic rings. The van der Waals surface area contributed by atoms with E-state index in [2.05, 4.69) is 15.5 Å². The third-order valence-electron chi connectivity index (χ3n) is 2.80. The lowest BCUT2D eigenvalue weighted by atomic mass is 10.2. The van der Waals surface area contributed by atoms with Crippen molar-refractivity contribution in [2.45, 2.75) is 17.3 Å². The molecule has 2 rings (SSSR count). The summed E-state index contributed by atoms with van der Waals surface area (Å²) >= 11 is 1.16. The topological polar surface area (TPSA) is 104 Å². The molecule has 0 aliphatic carbocycles. The van der Waals surface area contributed by atoms with E-state index in [1.54, 1.807) is 38.2 Å². The van der Waals surface area contributed by atoms with Crippen LogP contribution in [0.3, 0.4) is 0 Å². The first-order chi connectivity index (χ1) is 10.0. The van der Waals surface area contributed by atoms with E-state index in [-0.39, 0.29) is 11.6 Å². The van der Waals surface area contributed by atoms with E-state index in [1.807, 2.05) is 6.07 Å². The Hall–Kier alpha value is -2.53. The van der Waals surface area contributed by atoms with E-state index in [0.29, 0.717) is 16.4 Å². The van der Waals surface area contributed by atoms with Gasteiger partial charge < -0.3 is 5.32 Å². The minimum absolute atomic E-state index is 0.266. The maximum absolute atomic E-state index is 12.1. The fourth-order valence-corrected chi connectivity index (χ4v) is 2.40. The van der Waals surface area contributed by atoms with Gasteiger partial charge in [0.1, 0.15) is 6.07 Å². The van der Waals surface area contributed by atoms with Crippen molar-refractivity contribution in [1.29, 1.82) is 5.26 Å². The van der Waals surface area contributed by atoms with Gasteiger partial charge in [0.05, 0.1) is 16.5 Å². The molecule has 0 saturated carbocycles. The first-order valence-corrected chi connectivity index (χ1v) is 6.99. The highest BCUT2D eigenvalue weighted by atomic mass is 32.2. The van der Waals surface area contributed by atoms with Gasteiger partial charge in [-0.15, -0.1) is 5.10 Å². The fourth-order valence-electron chi connectivity index (χ4n) is 1.57. The molecule has 0 fully saturated rings. The van der Waals surface area contributed by atoms with Gasteiger partial charge in [-0.05, 0) is 19.1 Å². The van der Waals surface area contributed by atoms with Crippen molar-refractivity contribution in [3.05, 3.63) is 40.3 Å². The average Bonchev–Trinajstić information content (AvgIpc) is 2.79. The summed E-state index contributed by atoms with van der Waals surface area (Å²) in [4.78, 5) is 23.4. The third-order valence-corrected chi connectivity index (χ3v) is 3.94. The highest BCUT2D eigenvalue weighted by Gasteiger charge is 2.18. The van der Waals surface area contributed by atoms with Crippen LogP contribution in [0.2, 0.25) is 0 Å². The van der Waals surface area contributed by atoms with Crippen molar-refractivity contribution < 1.29 is 4.79 Å². The normalized spacial score (nSPS) is 11.7. The van der Waals surface area contributed by atoms with Crippen LogP contribution in [0.1, 0.15) is 12.5 Å². The zero-order chi connectivity index (χ0) is 15.4. The predicted octanol–water partition coefficient (Wildman–Crippen LogP) is 1.10. The van der Waals surface area contributed by atoms with Gasteiger partial charge in [0.15, 0.2) is 5.16 Å². The summed E-state index contributed by atoms with van der Waals surface area (Å²) in [6, 6.07) is 8.78. The first kappa shape index (κ1) is 14.9. The Bertz CT molecular complexity index is 758. The number of nitrogens with zero attached hydrogens (tertiary/aromatic N) is 3. The Kier molecular flexibility index (Phi) is 4.45. The van der Waals surface area contributed by atoms with Gasteiger partial charge in [0.2, 0.25) is 5.91 Å². The maximum Gasteiger partial charge on any atom is 0.343 e. The Labute approximate surface area is 125 Å². The highest BCUT2D eigenvalue weighted by Crippen LogP contribution is 2.21. The van der Waals surface area contributed by atoms with Crippen LogP contribution in [0.5, 0.6) is 0 Å². The number of benzene rings is 1. The van der Waals surface area contributed by atoms with Crippen molar-refractivity contribution in [3.63, 3.8) is 0 Å². The van der Waals surface area contributed by atoms with Gasteiger partial charge in [0.25, 0.3) is 0 Å². The summed E-state index contributed by atoms with van der Waals surface area (Å²) in [6.07, 6.45) is 0. The van der Waals surface area contributed by atoms with Crippen LogP contribution < -0.4 is 11.0 Å². The summed E-state index contributed by atoms with van der Waals surface area (Å²) in [7, 11) is 1.57. The second kappa shape index (κ2) is 6.28. The Balaban J connectivity index is 2.08. The van der Waals surface area contributed by atoms with Gasteiger partial charge in [-0.1, -0.05) is 23.9 Å².